The van der Waals surface area contributed by atoms with E-state index in [4.69, 9.17) is 5.26 Å². The molecule has 4 rings (SSSR count). The summed E-state index contributed by atoms with van der Waals surface area (Å²) in [5, 5.41) is 13.9. The molecular formula is C18H13N5OS. The Kier molecular flexibility index (Phi) is 3.75. The second-order valence-corrected chi connectivity index (χ2v) is 6.62. The molecule has 122 valence electrons. The van der Waals surface area contributed by atoms with E-state index in [1.54, 1.807) is 0 Å². The van der Waals surface area contributed by atoms with Crippen molar-refractivity contribution >= 4 is 28.3 Å². The number of aromatic nitrogens is 4. The van der Waals surface area contributed by atoms with E-state index in [2.05, 4.69) is 28.1 Å². The number of nitrogens with one attached hydrogen (secondary N) is 1. The highest BCUT2D eigenvalue weighted by molar-refractivity contribution is 7.98. The second kappa shape index (κ2) is 6.07. The molecule has 3 heterocycles. The van der Waals surface area contributed by atoms with Gasteiger partial charge in [-0.25, -0.2) is 14.5 Å². The van der Waals surface area contributed by atoms with E-state index < -0.39 is 0 Å². The number of nitriles is 1. The first kappa shape index (κ1) is 15.4. The predicted octanol–water partition coefficient (Wildman–Crippen LogP) is 3.04. The number of H-pyrrole nitrogens is 1. The summed E-state index contributed by atoms with van der Waals surface area (Å²) in [7, 11) is 0. The highest BCUT2D eigenvalue weighted by Gasteiger charge is 2.10. The SMILES string of the molecule is Cc1cc(SCc2cc(=O)n3[nH]cc(C#N)c3n2)nc2ccccc12. The largest absolute Gasteiger partial charge is 0.295 e. The molecule has 0 bridgehead atoms. The van der Waals surface area contributed by atoms with Crippen LogP contribution in [0.4, 0.5) is 0 Å². The maximum Gasteiger partial charge on any atom is 0.272 e. The lowest BCUT2D eigenvalue weighted by atomic mass is 10.1. The third-order valence-electron chi connectivity index (χ3n) is 3.94. The molecule has 0 amide bonds. The van der Waals surface area contributed by atoms with Gasteiger partial charge in [0.1, 0.15) is 11.6 Å². The second-order valence-electron chi connectivity index (χ2n) is 5.63. The number of thioether (sulfide) groups is 1. The number of benzene rings is 1. The maximum atomic E-state index is 12.1. The molecule has 7 heteroatoms. The van der Waals surface area contributed by atoms with Gasteiger partial charge in [0, 0.05) is 23.4 Å². The summed E-state index contributed by atoms with van der Waals surface area (Å²) in [5.74, 6) is 0.507. The number of para-hydroxylation sites is 1. The number of rotatable bonds is 3. The van der Waals surface area contributed by atoms with Crippen LogP contribution in [0, 0.1) is 18.3 Å². The molecule has 6 nitrogen and oxygen atoms in total. The first-order chi connectivity index (χ1) is 12.2. The zero-order chi connectivity index (χ0) is 17.4. The van der Waals surface area contributed by atoms with Gasteiger partial charge in [0.25, 0.3) is 5.56 Å². The monoisotopic (exact) mass is 347 g/mol. The minimum atomic E-state index is -0.232. The van der Waals surface area contributed by atoms with Crippen molar-refractivity contribution in [2.75, 3.05) is 0 Å². The van der Waals surface area contributed by atoms with Crippen molar-refractivity contribution in [3.05, 3.63) is 69.8 Å². The molecule has 0 atom stereocenters. The molecule has 0 aliphatic carbocycles. The summed E-state index contributed by atoms with van der Waals surface area (Å²) >= 11 is 1.52. The van der Waals surface area contributed by atoms with Crippen LogP contribution in [-0.2, 0) is 5.75 Å². The van der Waals surface area contributed by atoms with E-state index in [-0.39, 0.29) is 5.56 Å². The maximum absolute atomic E-state index is 12.1. The van der Waals surface area contributed by atoms with E-state index in [9.17, 15) is 4.79 Å². The fraction of sp³-hybridized carbons (Fsp3) is 0.111. The van der Waals surface area contributed by atoms with Gasteiger partial charge >= 0.3 is 0 Å². The molecule has 25 heavy (non-hydrogen) atoms. The fourth-order valence-electron chi connectivity index (χ4n) is 2.73. The smallest absolute Gasteiger partial charge is 0.272 e. The lowest BCUT2D eigenvalue weighted by Crippen LogP contribution is -2.15. The van der Waals surface area contributed by atoms with Crippen molar-refractivity contribution < 1.29 is 0 Å². The third kappa shape index (κ3) is 2.77. The highest BCUT2D eigenvalue weighted by atomic mass is 32.2. The van der Waals surface area contributed by atoms with Crippen molar-refractivity contribution in [2.45, 2.75) is 17.7 Å². The van der Waals surface area contributed by atoms with Gasteiger partial charge in [0.05, 0.1) is 16.2 Å². The van der Waals surface area contributed by atoms with E-state index in [0.29, 0.717) is 22.7 Å². The van der Waals surface area contributed by atoms with Gasteiger partial charge in [-0.05, 0) is 24.6 Å². The van der Waals surface area contributed by atoms with Crippen LogP contribution in [-0.4, -0.2) is 19.6 Å². The summed E-state index contributed by atoms with van der Waals surface area (Å²) in [6, 6.07) is 13.6. The molecule has 3 aromatic heterocycles. The van der Waals surface area contributed by atoms with Crippen LogP contribution in [0.25, 0.3) is 16.6 Å². The Morgan fingerprint density at radius 3 is 2.96 bits per heavy atom. The lowest BCUT2D eigenvalue weighted by Gasteiger charge is -2.06. The van der Waals surface area contributed by atoms with Gasteiger partial charge in [0.2, 0.25) is 0 Å². The Labute approximate surface area is 147 Å². The number of pyridine rings is 1. The topological polar surface area (TPSA) is 86.8 Å². The van der Waals surface area contributed by atoms with E-state index in [1.165, 1.54) is 28.5 Å². The van der Waals surface area contributed by atoms with Gasteiger partial charge in [-0.3, -0.25) is 9.89 Å². The van der Waals surface area contributed by atoms with Crippen LogP contribution < -0.4 is 5.56 Å². The molecule has 4 aromatic rings. The summed E-state index contributed by atoms with van der Waals surface area (Å²) in [5.41, 5.74) is 3.21. The van der Waals surface area contributed by atoms with Crippen molar-refractivity contribution in [1.29, 1.82) is 5.26 Å². The number of fused-ring (bicyclic) bond motifs is 2. The third-order valence-corrected chi connectivity index (χ3v) is 4.88. The zero-order valence-corrected chi connectivity index (χ0v) is 14.2. The predicted molar refractivity (Wildman–Crippen MR) is 96.6 cm³/mol. The van der Waals surface area contributed by atoms with Gasteiger partial charge in [-0.15, -0.1) is 0 Å². The lowest BCUT2D eigenvalue weighted by molar-refractivity contribution is 0.888. The fourth-order valence-corrected chi connectivity index (χ4v) is 3.59. The number of hydrogen-bond donors (Lipinski definition) is 1. The average molecular weight is 347 g/mol. The van der Waals surface area contributed by atoms with Gasteiger partial charge in [-0.2, -0.15) is 5.26 Å². The minimum absolute atomic E-state index is 0.232. The van der Waals surface area contributed by atoms with E-state index >= 15 is 0 Å². The molecular weight excluding hydrogens is 334 g/mol. The van der Waals surface area contributed by atoms with Crippen molar-refractivity contribution in [1.82, 2.24) is 19.6 Å². The molecule has 0 saturated heterocycles. The molecule has 0 unspecified atom stereocenters. The van der Waals surface area contributed by atoms with Crippen LogP contribution >= 0.6 is 11.8 Å². The van der Waals surface area contributed by atoms with Gasteiger partial charge in [0.15, 0.2) is 5.65 Å². The number of aryl methyl sites for hydroxylation is 1. The Bertz CT molecular complexity index is 1200. The summed E-state index contributed by atoms with van der Waals surface area (Å²) in [4.78, 5) is 21.2. The first-order valence-electron chi connectivity index (χ1n) is 7.65. The molecule has 0 aliphatic heterocycles. The number of aromatic amines is 1. The van der Waals surface area contributed by atoms with E-state index in [0.717, 1.165) is 21.5 Å². The normalized spacial score (nSPS) is 11.0. The molecule has 0 spiro atoms. The molecule has 0 fully saturated rings. The van der Waals surface area contributed by atoms with Crippen LogP contribution in [0.2, 0.25) is 0 Å². The Morgan fingerprint density at radius 1 is 1.28 bits per heavy atom. The quantitative estimate of drug-likeness (QED) is 0.576. The molecule has 0 saturated carbocycles. The van der Waals surface area contributed by atoms with Gasteiger partial charge in [-0.1, -0.05) is 30.0 Å². The molecule has 1 N–H and O–H groups in total. The first-order valence-corrected chi connectivity index (χ1v) is 8.63. The van der Waals surface area contributed by atoms with E-state index in [1.807, 2.05) is 30.3 Å². The zero-order valence-electron chi connectivity index (χ0n) is 13.4. The summed E-state index contributed by atoms with van der Waals surface area (Å²) in [6.45, 7) is 2.06. The molecule has 0 aliphatic rings. The van der Waals surface area contributed by atoms with Gasteiger partial charge < -0.3 is 0 Å². The van der Waals surface area contributed by atoms with Crippen LogP contribution in [0.15, 0.2) is 52.4 Å². The Balaban J connectivity index is 1.66. The van der Waals surface area contributed by atoms with Crippen LogP contribution in [0.1, 0.15) is 16.8 Å². The van der Waals surface area contributed by atoms with Crippen molar-refractivity contribution in [3.63, 3.8) is 0 Å². The van der Waals surface area contributed by atoms with Crippen LogP contribution in [0.3, 0.4) is 0 Å². The molecule has 1 aromatic carbocycles. The van der Waals surface area contributed by atoms with Crippen LogP contribution in [0.5, 0.6) is 0 Å². The number of nitrogens with zero attached hydrogens (tertiary/aromatic N) is 4. The van der Waals surface area contributed by atoms with Crippen molar-refractivity contribution in [3.8, 4) is 6.07 Å². The van der Waals surface area contributed by atoms with Crippen molar-refractivity contribution in [2.24, 2.45) is 0 Å². The summed E-state index contributed by atoms with van der Waals surface area (Å²) < 4.78 is 1.27. The Morgan fingerprint density at radius 2 is 2.12 bits per heavy atom. The summed E-state index contributed by atoms with van der Waals surface area (Å²) in [6.07, 6.45) is 1.48. The average Bonchev–Trinajstić information content (AvgIpc) is 3.04. The standard InChI is InChI=1S/C18H13N5OS/c1-11-6-16(22-15-5-3-2-4-14(11)15)25-10-13-7-17(24)23-18(21-13)12(8-19)9-20-23/h2-7,9,20H,10H2,1H3. The molecule has 0 radical (unpaired) electrons. The highest BCUT2D eigenvalue weighted by Crippen LogP contribution is 2.25. The minimum Gasteiger partial charge on any atom is -0.295 e. The number of hydrogen-bond acceptors (Lipinski definition) is 5. The Hall–Kier alpha value is -3.11.